The van der Waals surface area contributed by atoms with Crippen LogP contribution in [0.4, 0.5) is 11.4 Å². The van der Waals surface area contributed by atoms with Crippen LogP contribution in [0.25, 0.3) is 0 Å². The maximum absolute atomic E-state index is 12.1. The molecule has 8 heteroatoms. The molecule has 2 rings (SSSR count). The molecule has 0 heterocycles. The van der Waals surface area contributed by atoms with Gasteiger partial charge in [0.25, 0.3) is 5.69 Å². The van der Waals surface area contributed by atoms with Gasteiger partial charge in [0.15, 0.2) is 15.5 Å². The lowest BCUT2D eigenvalue weighted by molar-refractivity contribution is -0.384. The summed E-state index contributed by atoms with van der Waals surface area (Å²) in [4.78, 5) is 10.4. The van der Waals surface area contributed by atoms with E-state index in [0.717, 1.165) is 0 Å². The van der Waals surface area contributed by atoms with Crippen LogP contribution in [0, 0.1) is 10.1 Å². The van der Waals surface area contributed by atoms with Crippen molar-refractivity contribution in [2.45, 2.75) is 11.3 Å². The second-order valence-corrected chi connectivity index (χ2v) is 6.89. The summed E-state index contributed by atoms with van der Waals surface area (Å²) >= 11 is 0. The molecule has 0 amide bonds. The van der Waals surface area contributed by atoms with E-state index in [0.29, 0.717) is 0 Å². The average molecular weight is 336 g/mol. The smallest absolute Gasteiger partial charge is 0.295 e. The molecule has 2 N–H and O–H groups in total. The molecule has 7 nitrogen and oxygen atoms in total. The van der Waals surface area contributed by atoms with E-state index in [1.807, 2.05) is 0 Å². The molecule has 0 aliphatic rings. The van der Waals surface area contributed by atoms with Crippen LogP contribution in [0.3, 0.4) is 0 Å². The third-order valence-corrected chi connectivity index (χ3v) is 4.97. The Morgan fingerprint density at radius 1 is 1.09 bits per heavy atom. The molecule has 0 fully saturated rings. The first-order valence-electron chi connectivity index (χ1n) is 6.85. The van der Waals surface area contributed by atoms with Crippen molar-refractivity contribution in [2.75, 3.05) is 18.1 Å². The molecule has 0 spiro atoms. The van der Waals surface area contributed by atoms with Crippen LogP contribution in [0.5, 0.6) is 5.75 Å². The largest absolute Gasteiger partial charge is 0.491 e. The van der Waals surface area contributed by atoms with Crippen molar-refractivity contribution in [2.24, 2.45) is 0 Å². The monoisotopic (exact) mass is 336 g/mol. The maximum Gasteiger partial charge on any atom is 0.295 e. The fraction of sp³-hybridized carbons (Fsp3) is 0.200. The van der Waals surface area contributed by atoms with Gasteiger partial charge in [0, 0.05) is 6.07 Å². The van der Waals surface area contributed by atoms with Gasteiger partial charge in [0.1, 0.15) is 5.75 Å². The number of nitro benzene ring substituents is 1. The van der Waals surface area contributed by atoms with E-state index in [4.69, 9.17) is 10.5 Å². The number of nitrogen functional groups attached to an aromatic ring is 1. The zero-order valence-corrected chi connectivity index (χ0v) is 13.0. The minimum Gasteiger partial charge on any atom is -0.491 e. The van der Waals surface area contributed by atoms with Gasteiger partial charge >= 0.3 is 0 Å². The van der Waals surface area contributed by atoms with Crippen molar-refractivity contribution in [1.82, 2.24) is 0 Å². The number of sulfone groups is 1. The van der Waals surface area contributed by atoms with Crippen molar-refractivity contribution in [3.63, 3.8) is 0 Å². The topological polar surface area (TPSA) is 113 Å². The standard InChI is InChI=1S/C15H16N2O5S/c16-15-13(17(18)19)8-4-9-14(15)22-10-5-11-23(20,21)12-6-2-1-3-7-12/h1-4,6-9H,5,10-11,16H2. The molecular weight excluding hydrogens is 320 g/mol. The second kappa shape index (κ2) is 7.10. The molecule has 0 aromatic heterocycles. The van der Waals surface area contributed by atoms with E-state index in [-0.39, 0.29) is 40.8 Å². The van der Waals surface area contributed by atoms with E-state index in [2.05, 4.69) is 0 Å². The molecule has 0 aliphatic heterocycles. The Morgan fingerprint density at radius 3 is 2.43 bits per heavy atom. The highest BCUT2D eigenvalue weighted by molar-refractivity contribution is 7.91. The SMILES string of the molecule is Nc1c(OCCCS(=O)(=O)c2ccccc2)cccc1[N+](=O)[O-]. The zero-order valence-electron chi connectivity index (χ0n) is 12.2. The van der Waals surface area contributed by atoms with Gasteiger partial charge in [-0.25, -0.2) is 8.42 Å². The molecule has 0 saturated heterocycles. The number of nitrogens with zero attached hydrogens (tertiary/aromatic N) is 1. The van der Waals surface area contributed by atoms with Gasteiger partial charge in [-0.3, -0.25) is 10.1 Å². The van der Waals surface area contributed by atoms with E-state index in [1.165, 1.54) is 30.3 Å². The fourth-order valence-electron chi connectivity index (χ4n) is 1.99. The summed E-state index contributed by atoms with van der Waals surface area (Å²) in [5, 5.41) is 10.8. The minimum absolute atomic E-state index is 0.0663. The number of hydrogen-bond acceptors (Lipinski definition) is 6. The average Bonchev–Trinajstić information content (AvgIpc) is 2.53. The normalized spacial score (nSPS) is 11.1. The van der Waals surface area contributed by atoms with E-state index in [9.17, 15) is 18.5 Å². The van der Waals surface area contributed by atoms with Gasteiger partial charge in [-0.1, -0.05) is 24.3 Å². The first-order chi connectivity index (χ1) is 10.9. The molecule has 0 aliphatic carbocycles. The summed E-state index contributed by atoms with van der Waals surface area (Å²) in [6, 6.07) is 12.4. The zero-order chi connectivity index (χ0) is 16.9. The summed E-state index contributed by atoms with van der Waals surface area (Å²) in [7, 11) is -3.37. The molecule has 23 heavy (non-hydrogen) atoms. The Bertz CT molecular complexity index is 791. The van der Waals surface area contributed by atoms with Crippen molar-refractivity contribution < 1.29 is 18.1 Å². The number of rotatable bonds is 7. The third-order valence-electron chi connectivity index (χ3n) is 3.16. The molecule has 2 aromatic carbocycles. The van der Waals surface area contributed by atoms with Crippen LogP contribution in [-0.2, 0) is 9.84 Å². The van der Waals surface area contributed by atoms with Crippen LogP contribution < -0.4 is 10.5 Å². The number of anilines is 1. The van der Waals surface area contributed by atoms with Gasteiger partial charge in [0.05, 0.1) is 22.2 Å². The summed E-state index contributed by atoms with van der Waals surface area (Å²) < 4.78 is 29.5. The molecular formula is C15H16N2O5S. The van der Waals surface area contributed by atoms with E-state index >= 15 is 0 Å². The van der Waals surface area contributed by atoms with Crippen LogP contribution in [0.1, 0.15) is 6.42 Å². The molecule has 0 bridgehead atoms. The Kier molecular flexibility index (Phi) is 5.17. The predicted molar refractivity (Wildman–Crippen MR) is 86.1 cm³/mol. The Hall–Kier alpha value is -2.61. The van der Waals surface area contributed by atoms with Gasteiger partial charge in [0.2, 0.25) is 0 Å². The highest BCUT2D eigenvalue weighted by Crippen LogP contribution is 2.30. The molecule has 0 unspecified atom stereocenters. The Morgan fingerprint density at radius 2 is 1.78 bits per heavy atom. The minimum atomic E-state index is -3.37. The summed E-state index contributed by atoms with van der Waals surface area (Å²) in [6.45, 7) is 0.0947. The van der Waals surface area contributed by atoms with E-state index < -0.39 is 14.8 Å². The molecule has 122 valence electrons. The van der Waals surface area contributed by atoms with Crippen molar-refractivity contribution in [1.29, 1.82) is 0 Å². The summed E-state index contributed by atoms with van der Waals surface area (Å²) in [6.07, 6.45) is 0.249. The quantitative estimate of drug-likeness (QED) is 0.359. The van der Waals surface area contributed by atoms with Gasteiger partial charge in [-0.05, 0) is 24.6 Å². The van der Waals surface area contributed by atoms with Crippen LogP contribution in [0.2, 0.25) is 0 Å². The van der Waals surface area contributed by atoms with Crippen molar-refractivity contribution in [3.8, 4) is 5.75 Å². The highest BCUT2D eigenvalue weighted by Gasteiger charge is 2.16. The van der Waals surface area contributed by atoms with Crippen molar-refractivity contribution in [3.05, 3.63) is 58.6 Å². The van der Waals surface area contributed by atoms with Crippen molar-refractivity contribution >= 4 is 21.2 Å². The summed E-state index contributed by atoms with van der Waals surface area (Å²) in [5.41, 5.74) is 5.36. The van der Waals surface area contributed by atoms with E-state index in [1.54, 1.807) is 18.2 Å². The Labute approximate surface area is 133 Å². The number of para-hydroxylation sites is 1. The third kappa shape index (κ3) is 4.19. The number of benzene rings is 2. The first kappa shape index (κ1) is 16.8. The van der Waals surface area contributed by atoms with Crippen LogP contribution in [0.15, 0.2) is 53.4 Å². The molecule has 0 radical (unpaired) electrons. The number of nitrogens with two attached hydrogens (primary N) is 1. The lowest BCUT2D eigenvalue weighted by Crippen LogP contribution is -2.11. The number of ether oxygens (including phenoxy) is 1. The highest BCUT2D eigenvalue weighted by atomic mass is 32.2. The Balaban J connectivity index is 1.94. The van der Waals surface area contributed by atoms with Crippen LogP contribution in [-0.4, -0.2) is 25.7 Å². The first-order valence-corrected chi connectivity index (χ1v) is 8.50. The molecule has 0 atom stereocenters. The van der Waals surface area contributed by atoms with Gasteiger partial charge in [-0.15, -0.1) is 0 Å². The molecule has 2 aromatic rings. The van der Waals surface area contributed by atoms with Gasteiger partial charge in [-0.2, -0.15) is 0 Å². The lowest BCUT2D eigenvalue weighted by Gasteiger charge is -2.09. The number of nitro groups is 1. The summed E-state index contributed by atoms with van der Waals surface area (Å²) in [5.74, 6) is 0.0996. The molecule has 0 saturated carbocycles. The second-order valence-electron chi connectivity index (χ2n) is 4.78. The number of hydrogen-bond donors (Lipinski definition) is 1. The lowest BCUT2D eigenvalue weighted by atomic mass is 10.2. The van der Waals surface area contributed by atoms with Gasteiger partial charge < -0.3 is 10.5 Å². The predicted octanol–water partition coefficient (Wildman–Crippen LogP) is 2.42. The fourth-order valence-corrected chi connectivity index (χ4v) is 3.30. The van der Waals surface area contributed by atoms with Crippen LogP contribution >= 0.6 is 0 Å². The maximum atomic E-state index is 12.1.